The average Bonchev–Trinajstić information content (AvgIpc) is 2.17. The Labute approximate surface area is 100.0 Å². The molecular formula is C12H17IO. The van der Waals surface area contributed by atoms with Gasteiger partial charge in [0.2, 0.25) is 0 Å². The van der Waals surface area contributed by atoms with Crippen LogP contribution in [0.2, 0.25) is 0 Å². The normalized spacial score (nSPS) is 12.5. The Hall–Kier alpha value is -0.250. The van der Waals surface area contributed by atoms with Gasteiger partial charge in [0.15, 0.2) is 0 Å². The molecule has 0 aromatic heterocycles. The van der Waals surface area contributed by atoms with Crippen LogP contribution in [0.5, 0.6) is 5.75 Å². The summed E-state index contributed by atoms with van der Waals surface area (Å²) in [5.41, 5.74) is 1.40. The summed E-state index contributed by atoms with van der Waals surface area (Å²) in [5, 5.41) is 0. The highest BCUT2D eigenvalue weighted by Gasteiger charge is 1.98. The third-order valence-electron chi connectivity index (χ3n) is 2.07. The summed E-state index contributed by atoms with van der Waals surface area (Å²) in [4.78, 5) is 0. The number of rotatable bonds is 5. The number of aryl methyl sites for hydroxylation is 1. The standard InChI is InChI=1S/C12H17IO/c1-3-14-12-8-6-11(7-9-12)5-4-10(2)13/h6-10H,3-5H2,1-2H3. The van der Waals surface area contributed by atoms with Crippen LogP contribution in [0, 0.1) is 0 Å². The molecule has 0 aliphatic rings. The van der Waals surface area contributed by atoms with Crippen molar-refractivity contribution in [3.05, 3.63) is 29.8 Å². The van der Waals surface area contributed by atoms with Crippen LogP contribution in [0.25, 0.3) is 0 Å². The van der Waals surface area contributed by atoms with E-state index in [1.54, 1.807) is 0 Å². The van der Waals surface area contributed by atoms with Crippen LogP contribution < -0.4 is 4.74 Å². The lowest BCUT2D eigenvalue weighted by Gasteiger charge is -2.05. The molecule has 1 aromatic carbocycles. The Bertz CT molecular complexity index is 254. The summed E-state index contributed by atoms with van der Waals surface area (Å²) in [6, 6.07) is 8.42. The van der Waals surface area contributed by atoms with Crippen LogP contribution in [0.3, 0.4) is 0 Å². The molecule has 1 atom stereocenters. The molecule has 0 saturated carbocycles. The molecule has 0 aliphatic heterocycles. The van der Waals surface area contributed by atoms with E-state index in [1.165, 1.54) is 12.0 Å². The second-order valence-electron chi connectivity index (χ2n) is 3.40. The van der Waals surface area contributed by atoms with Crippen molar-refractivity contribution in [1.29, 1.82) is 0 Å². The van der Waals surface area contributed by atoms with Crippen molar-refractivity contribution in [1.82, 2.24) is 0 Å². The highest BCUT2D eigenvalue weighted by Crippen LogP contribution is 2.15. The van der Waals surface area contributed by atoms with Crippen LogP contribution in [0.15, 0.2) is 24.3 Å². The van der Waals surface area contributed by atoms with Crippen LogP contribution in [-0.2, 0) is 6.42 Å². The lowest BCUT2D eigenvalue weighted by atomic mass is 10.1. The van der Waals surface area contributed by atoms with E-state index in [2.05, 4.69) is 53.8 Å². The highest BCUT2D eigenvalue weighted by molar-refractivity contribution is 14.1. The molecule has 0 fully saturated rings. The lowest BCUT2D eigenvalue weighted by Crippen LogP contribution is -1.95. The maximum Gasteiger partial charge on any atom is 0.119 e. The highest BCUT2D eigenvalue weighted by atomic mass is 127. The first-order chi connectivity index (χ1) is 6.72. The number of halogens is 1. The Kier molecular flexibility index (Phi) is 5.30. The number of ether oxygens (including phenoxy) is 1. The molecule has 1 nitrogen and oxygen atoms in total. The van der Waals surface area contributed by atoms with Gasteiger partial charge in [-0.05, 0) is 37.5 Å². The molecule has 0 amide bonds. The van der Waals surface area contributed by atoms with Gasteiger partial charge >= 0.3 is 0 Å². The Morgan fingerprint density at radius 3 is 2.43 bits per heavy atom. The summed E-state index contributed by atoms with van der Waals surface area (Å²) in [5.74, 6) is 0.971. The van der Waals surface area contributed by atoms with E-state index in [1.807, 2.05) is 6.92 Å². The largest absolute Gasteiger partial charge is 0.494 e. The summed E-state index contributed by atoms with van der Waals surface area (Å²) in [6.45, 7) is 4.99. The molecule has 2 heteroatoms. The van der Waals surface area contributed by atoms with Gasteiger partial charge in [0, 0.05) is 3.92 Å². The quantitative estimate of drug-likeness (QED) is 0.593. The van der Waals surface area contributed by atoms with Gasteiger partial charge in [-0.25, -0.2) is 0 Å². The monoisotopic (exact) mass is 304 g/mol. The second-order valence-corrected chi connectivity index (χ2v) is 5.52. The second kappa shape index (κ2) is 6.27. The molecule has 0 bridgehead atoms. The zero-order valence-electron chi connectivity index (χ0n) is 8.79. The first-order valence-corrected chi connectivity index (χ1v) is 6.32. The summed E-state index contributed by atoms with van der Waals surface area (Å²) < 4.78 is 6.13. The van der Waals surface area contributed by atoms with Crippen molar-refractivity contribution in [3.8, 4) is 5.75 Å². The zero-order valence-corrected chi connectivity index (χ0v) is 11.0. The van der Waals surface area contributed by atoms with Crippen LogP contribution in [0.4, 0.5) is 0 Å². The third-order valence-corrected chi connectivity index (χ3v) is 2.69. The topological polar surface area (TPSA) is 9.23 Å². The number of alkyl halides is 1. The smallest absolute Gasteiger partial charge is 0.119 e. The first-order valence-electron chi connectivity index (χ1n) is 5.08. The Morgan fingerprint density at radius 1 is 1.29 bits per heavy atom. The lowest BCUT2D eigenvalue weighted by molar-refractivity contribution is 0.340. The van der Waals surface area contributed by atoms with Crippen LogP contribution in [-0.4, -0.2) is 10.5 Å². The van der Waals surface area contributed by atoms with Crippen LogP contribution >= 0.6 is 22.6 Å². The van der Waals surface area contributed by atoms with Gasteiger partial charge in [-0.1, -0.05) is 41.6 Å². The van der Waals surface area contributed by atoms with Crippen molar-refractivity contribution >= 4 is 22.6 Å². The molecule has 0 N–H and O–H groups in total. The molecule has 1 aromatic rings. The molecule has 0 spiro atoms. The molecular weight excluding hydrogens is 287 g/mol. The van der Waals surface area contributed by atoms with Gasteiger partial charge in [-0.15, -0.1) is 0 Å². The predicted octanol–water partition coefficient (Wildman–Crippen LogP) is 3.84. The fourth-order valence-corrected chi connectivity index (χ4v) is 1.60. The van der Waals surface area contributed by atoms with Gasteiger partial charge in [-0.3, -0.25) is 0 Å². The summed E-state index contributed by atoms with van der Waals surface area (Å²) in [7, 11) is 0. The molecule has 78 valence electrons. The van der Waals surface area contributed by atoms with E-state index in [0.717, 1.165) is 22.7 Å². The van der Waals surface area contributed by atoms with Crippen molar-refractivity contribution < 1.29 is 4.74 Å². The van der Waals surface area contributed by atoms with Gasteiger partial charge < -0.3 is 4.74 Å². The third kappa shape index (κ3) is 4.31. The molecule has 0 saturated heterocycles. The SMILES string of the molecule is CCOc1ccc(CCC(C)I)cc1. The van der Waals surface area contributed by atoms with E-state index in [4.69, 9.17) is 4.74 Å². The van der Waals surface area contributed by atoms with E-state index in [0.29, 0.717) is 0 Å². The van der Waals surface area contributed by atoms with Gasteiger partial charge in [0.1, 0.15) is 5.75 Å². The minimum atomic E-state index is 0.740. The summed E-state index contributed by atoms with van der Waals surface area (Å²) in [6.07, 6.45) is 2.41. The molecule has 14 heavy (non-hydrogen) atoms. The van der Waals surface area contributed by atoms with Crippen LogP contribution in [0.1, 0.15) is 25.8 Å². The predicted molar refractivity (Wildman–Crippen MR) is 69.4 cm³/mol. The molecule has 1 rings (SSSR count). The van der Waals surface area contributed by atoms with Crippen molar-refractivity contribution in [2.24, 2.45) is 0 Å². The van der Waals surface area contributed by atoms with Crippen molar-refractivity contribution in [2.75, 3.05) is 6.61 Å². The van der Waals surface area contributed by atoms with E-state index in [-0.39, 0.29) is 0 Å². The van der Waals surface area contributed by atoms with Gasteiger partial charge in [0.25, 0.3) is 0 Å². The first kappa shape index (κ1) is 11.8. The number of benzene rings is 1. The molecule has 0 radical (unpaired) electrons. The van der Waals surface area contributed by atoms with E-state index in [9.17, 15) is 0 Å². The average molecular weight is 304 g/mol. The van der Waals surface area contributed by atoms with Gasteiger partial charge in [-0.2, -0.15) is 0 Å². The van der Waals surface area contributed by atoms with Gasteiger partial charge in [0.05, 0.1) is 6.61 Å². The maximum atomic E-state index is 5.38. The maximum absolute atomic E-state index is 5.38. The Morgan fingerprint density at radius 2 is 1.93 bits per heavy atom. The number of hydrogen-bond donors (Lipinski definition) is 0. The zero-order chi connectivity index (χ0) is 10.4. The van der Waals surface area contributed by atoms with Crippen molar-refractivity contribution in [2.45, 2.75) is 30.6 Å². The summed E-state index contributed by atoms with van der Waals surface area (Å²) >= 11 is 2.46. The number of hydrogen-bond acceptors (Lipinski definition) is 1. The Balaban J connectivity index is 2.46. The molecule has 0 heterocycles. The molecule has 1 unspecified atom stereocenters. The van der Waals surface area contributed by atoms with E-state index >= 15 is 0 Å². The minimum absolute atomic E-state index is 0.740. The molecule has 0 aliphatic carbocycles. The van der Waals surface area contributed by atoms with Crippen molar-refractivity contribution in [3.63, 3.8) is 0 Å². The minimum Gasteiger partial charge on any atom is -0.494 e. The fourth-order valence-electron chi connectivity index (χ4n) is 1.28. The fraction of sp³-hybridized carbons (Fsp3) is 0.500. The van der Waals surface area contributed by atoms with E-state index < -0.39 is 0 Å².